The highest BCUT2D eigenvalue weighted by atomic mass is 16.3. The number of benzene rings is 2. The largest absolute Gasteiger partial charge is 0.507 e. The van der Waals surface area contributed by atoms with Gasteiger partial charge in [-0.05, 0) is 42.0 Å². The summed E-state index contributed by atoms with van der Waals surface area (Å²) in [6, 6.07) is 15.5. The molecule has 0 unspecified atom stereocenters. The number of aryl methyl sites for hydroxylation is 1. The molecule has 0 bridgehead atoms. The number of hydrogen-bond donors (Lipinski definition) is 1. The molecule has 2 amide bonds. The van der Waals surface area contributed by atoms with Gasteiger partial charge in [-0.1, -0.05) is 50.2 Å². The lowest BCUT2D eigenvalue weighted by Gasteiger charge is -2.35. The quantitative estimate of drug-likeness (QED) is 0.810. The van der Waals surface area contributed by atoms with E-state index in [-0.39, 0.29) is 17.6 Å². The first-order valence-electron chi connectivity index (χ1n) is 10.4. The van der Waals surface area contributed by atoms with Crippen molar-refractivity contribution in [3.8, 4) is 5.75 Å². The second-order valence-electron chi connectivity index (χ2n) is 7.94. The van der Waals surface area contributed by atoms with Crippen molar-refractivity contribution in [2.24, 2.45) is 0 Å². The molecule has 1 N–H and O–H groups in total. The van der Waals surface area contributed by atoms with Crippen LogP contribution in [0.2, 0.25) is 0 Å². The average Bonchev–Trinajstić information content (AvgIpc) is 2.74. The van der Waals surface area contributed by atoms with Gasteiger partial charge in [0.2, 0.25) is 5.91 Å². The summed E-state index contributed by atoms with van der Waals surface area (Å²) in [4.78, 5) is 28.8. The topological polar surface area (TPSA) is 60.9 Å². The van der Waals surface area contributed by atoms with E-state index < -0.39 is 0 Å². The molecule has 1 fully saturated rings. The van der Waals surface area contributed by atoms with Crippen LogP contribution in [0.3, 0.4) is 0 Å². The van der Waals surface area contributed by atoms with E-state index in [0.29, 0.717) is 44.1 Å². The average molecular weight is 395 g/mol. The van der Waals surface area contributed by atoms with Gasteiger partial charge in [0.05, 0.1) is 5.56 Å². The molecular formula is C24H30N2O3. The monoisotopic (exact) mass is 394 g/mol. The standard InChI is InChI=1S/C24H30N2O3/c1-18(2)20-11-12-21(22(27)17-20)24(29)26-15-13-25(14-16-26)23(28)10-6-9-19-7-4-3-5-8-19/h3-5,7-8,11-12,17-18,27H,6,9-10,13-16H2,1-2H3. The predicted octanol–water partition coefficient (Wildman–Crippen LogP) is 3.82. The van der Waals surface area contributed by atoms with E-state index in [1.165, 1.54) is 5.56 Å². The van der Waals surface area contributed by atoms with Crippen LogP contribution in [0.25, 0.3) is 0 Å². The van der Waals surface area contributed by atoms with Crippen LogP contribution in [0.1, 0.15) is 54.1 Å². The Morgan fingerprint density at radius 3 is 2.24 bits per heavy atom. The molecule has 29 heavy (non-hydrogen) atoms. The van der Waals surface area contributed by atoms with Gasteiger partial charge in [0.15, 0.2) is 0 Å². The van der Waals surface area contributed by atoms with Crippen molar-refractivity contribution in [1.29, 1.82) is 0 Å². The van der Waals surface area contributed by atoms with Gasteiger partial charge < -0.3 is 14.9 Å². The fourth-order valence-electron chi connectivity index (χ4n) is 3.66. The Morgan fingerprint density at radius 2 is 1.62 bits per heavy atom. The first kappa shape index (κ1) is 20.9. The smallest absolute Gasteiger partial charge is 0.257 e. The summed E-state index contributed by atoms with van der Waals surface area (Å²) in [5, 5.41) is 10.3. The molecule has 1 aliphatic heterocycles. The summed E-state index contributed by atoms with van der Waals surface area (Å²) in [6.45, 7) is 6.17. The Balaban J connectivity index is 1.48. The summed E-state index contributed by atoms with van der Waals surface area (Å²) < 4.78 is 0. The highest BCUT2D eigenvalue weighted by Crippen LogP contribution is 2.25. The Morgan fingerprint density at radius 1 is 0.966 bits per heavy atom. The molecule has 0 atom stereocenters. The molecule has 1 aliphatic rings. The Hall–Kier alpha value is -2.82. The molecule has 0 aliphatic carbocycles. The van der Waals surface area contributed by atoms with Crippen LogP contribution >= 0.6 is 0 Å². The molecule has 1 heterocycles. The van der Waals surface area contributed by atoms with Crippen molar-refractivity contribution in [2.75, 3.05) is 26.2 Å². The maximum Gasteiger partial charge on any atom is 0.257 e. The van der Waals surface area contributed by atoms with Crippen molar-refractivity contribution in [3.63, 3.8) is 0 Å². The number of phenolic OH excluding ortho intramolecular Hbond substituents is 1. The Bertz CT molecular complexity index is 840. The lowest BCUT2D eigenvalue weighted by molar-refractivity contribution is -0.132. The number of rotatable bonds is 6. The van der Waals surface area contributed by atoms with Gasteiger partial charge in [-0.15, -0.1) is 0 Å². The molecule has 0 radical (unpaired) electrons. The van der Waals surface area contributed by atoms with E-state index in [1.54, 1.807) is 17.0 Å². The molecule has 0 saturated carbocycles. The summed E-state index contributed by atoms with van der Waals surface area (Å²) in [6.07, 6.45) is 2.26. The van der Waals surface area contributed by atoms with Gasteiger partial charge >= 0.3 is 0 Å². The number of amides is 2. The SMILES string of the molecule is CC(C)c1ccc(C(=O)N2CCN(C(=O)CCCc3ccccc3)CC2)c(O)c1. The zero-order chi connectivity index (χ0) is 20.8. The first-order chi connectivity index (χ1) is 14.0. The highest BCUT2D eigenvalue weighted by Gasteiger charge is 2.26. The molecule has 1 saturated heterocycles. The minimum absolute atomic E-state index is 0.0283. The molecular weight excluding hydrogens is 364 g/mol. The van der Waals surface area contributed by atoms with Gasteiger partial charge in [-0.2, -0.15) is 0 Å². The fourth-order valence-corrected chi connectivity index (χ4v) is 3.66. The van der Waals surface area contributed by atoms with E-state index >= 15 is 0 Å². The summed E-state index contributed by atoms with van der Waals surface area (Å²) >= 11 is 0. The van der Waals surface area contributed by atoms with Crippen molar-refractivity contribution in [2.45, 2.75) is 39.0 Å². The molecule has 154 valence electrons. The normalized spacial score (nSPS) is 14.3. The number of phenols is 1. The molecule has 5 heteroatoms. The highest BCUT2D eigenvalue weighted by molar-refractivity contribution is 5.97. The lowest BCUT2D eigenvalue weighted by atomic mass is 10.0. The third-order valence-electron chi connectivity index (χ3n) is 5.54. The Kier molecular flexibility index (Phi) is 6.91. The van der Waals surface area contributed by atoms with Gasteiger partial charge in [0.25, 0.3) is 5.91 Å². The third kappa shape index (κ3) is 5.37. The van der Waals surface area contributed by atoms with Crippen LogP contribution in [-0.4, -0.2) is 52.9 Å². The van der Waals surface area contributed by atoms with E-state index in [4.69, 9.17) is 0 Å². The van der Waals surface area contributed by atoms with Crippen molar-refractivity contribution >= 4 is 11.8 Å². The van der Waals surface area contributed by atoms with Gasteiger partial charge in [0.1, 0.15) is 5.75 Å². The van der Waals surface area contributed by atoms with Crippen molar-refractivity contribution in [1.82, 2.24) is 9.80 Å². The van der Waals surface area contributed by atoms with Crippen LogP contribution in [0.15, 0.2) is 48.5 Å². The van der Waals surface area contributed by atoms with Gasteiger partial charge in [0, 0.05) is 32.6 Å². The zero-order valence-corrected chi connectivity index (χ0v) is 17.3. The Labute approximate surface area is 172 Å². The third-order valence-corrected chi connectivity index (χ3v) is 5.54. The van der Waals surface area contributed by atoms with Crippen LogP contribution < -0.4 is 0 Å². The number of carbonyl (C=O) groups excluding carboxylic acids is 2. The molecule has 5 nitrogen and oxygen atoms in total. The lowest BCUT2D eigenvalue weighted by Crippen LogP contribution is -2.50. The van der Waals surface area contributed by atoms with Crippen LogP contribution in [0, 0.1) is 0 Å². The second-order valence-corrected chi connectivity index (χ2v) is 7.94. The zero-order valence-electron chi connectivity index (χ0n) is 17.3. The molecule has 0 spiro atoms. The second kappa shape index (κ2) is 9.59. The number of aromatic hydroxyl groups is 1. The van der Waals surface area contributed by atoms with E-state index in [0.717, 1.165) is 18.4 Å². The number of nitrogens with zero attached hydrogens (tertiary/aromatic N) is 2. The minimum atomic E-state index is -0.172. The maximum absolute atomic E-state index is 12.8. The van der Waals surface area contributed by atoms with Gasteiger partial charge in [-0.3, -0.25) is 9.59 Å². The molecule has 2 aromatic rings. The maximum atomic E-state index is 12.8. The summed E-state index contributed by atoms with van der Waals surface area (Å²) in [5.41, 5.74) is 2.58. The molecule has 3 rings (SSSR count). The molecule has 0 aromatic heterocycles. The molecule has 2 aromatic carbocycles. The minimum Gasteiger partial charge on any atom is -0.507 e. The fraction of sp³-hybridized carbons (Fsp3) is 0.417. The van der Waals surface area contributed by atoms with Crippen LogP contribution in [0.4, 0.5) is 0 Å². The first-order valence-corrected chi connectivity index (χ1v) is 10.4. The van der Waals surface area contributed by atoms with Crippen LogP contribution in [0.5, 0.6) is 5.75 Å². The summed E-state index contributed by atoms with van der Waals surface area (Å²) in [5.74, 6) is 0.299. The predicted molar refractivity (Wildman–Crippen MR) is 114 cm³/mol. The number of piperazine rings is 1. The van der Waals surface area contributed by atoms with Crippen LogP contribution in [-0.2, 0) is 11.2 Å². The van der Waals surface area contributed by atoms with Crippen molar-refractivity contribution in [3.05, 3.63) is 65.2 Å². The summed E-state index contributed by atoms with van der Waals surface area (Å²) in [7, 11) is 0. The number of carbonyl (C=O) groups is 2. The van der Waals surface area contributed by atoms with Crippen molar-refractivity contribution < 1.29 is 14.7 Å². The van der Waals surface area contributed by atoms with E-state index in [9.17, 15) is 14.7 Å². The van der Waals surface area contributed by atoms with E-state index in [1.807, 2.05) is 43.0 Å². The number of hydrogen-bond acceptors (Lipinski definition) is 3. The van der Waals surface area contributed by atoms with E-state index in [2.05, 4.69) is 12.1 Å². The van der Waals surface area contributed by atoms with Gasteiger partial charge in [-0.25, -0.2) is 0 Å².